The van der Waals surface area contributed by atoms with E-state index in [1.165, 1.54) is 11.8 Å². The zero-order valence-corrected chi connectivity index (χ0v) is 19.4. The van der Waals surface area contributed by atoms with E-state index in [9.17, 15) is 9.59 Å². The van der Waals surface area contributed by atoms with Crippen molar-refractivity contribution in [2.45, 2.75) is 76.8 Å². The lowest BCUT2D eigenvalue weighted by atomic mass is 9.97. The van der Waals surface area contributed by atoms with Crippen LogP contribution in [-0.2, 0) is 16.1 Å². The molecule has 2 amide bonds. The average Bonchev–Trinajstić information content (AvgIpc) is 3.25. The number of nitrogens with zero attached hydrogens (tertiary/aromatic N) is 5. The van der Waals surface area contributed by atoms with Crippen molar-refractivity contribution in [3.8, 4) is 0 Å². The van der Waals surface area contributed by atoms with Gasteiger partial charge in [-0.1, -0.05) is 23.9 Å². The van der Waals surface area contributed by atoms with Gasteiger partial charge in [-0.3, -0.25) is 18.6 Å². The van der Waals surface area contributed by atoms with Crippen LogP contribution in [0.1, 0.15) is 47.0 Å². The maximum Gasteiger partial charge on any atom is 0.243 e. The van der Waals surface area contributed by atoms with Gasteiger partial charge in [0.1, 0.15) is 6.54 Å². The summed E-state index contributed by atoms with van der Waals surface area (Å²) >= 11 is 1.35. The molecule has 1 N–H and O–H groups in total. The highest BCUT2D eigenvalue weighted by atomic mass is 32.2. The number of hydrogen-bond donors (Lipinski definition) is 1. The van der Waals surface area contributed by atoms with Gasteiger partial charge in [-0.15, -0.1) is 10.2 Å². The quantitative estimate of drug-likeness (QED) is 0.593. The molecule has 4 rings (SSSR count). The van der Waals surface area contributed by atoms with Gasteiger partial charge in [0, 0.05) is 18.1 Å². The Hall–Kier alpha value is -2.55. The van der Waals surface area contributed by atoms with Crippen LogP contribution in [0.25, 0.3) is 16.8 Å². The number of benzene rings is 1. The summed E-state index contributed by atoms with van der Waals surface area (Å²) in [7, 11) is 0. The van der Waals surface area contributed by atoms with Crippen LogP contribution in [0.4, 0.5) is 0 Å². The molecule has 2 atom stereocenters. The van der Waals surface area contributed by atoms with Crippen LogP contribution < -0.4 is 5.32 Å². The van der Waals surface area contributed by atoms with Gasteiger partial charge in [0.25, 0.3) is 0 Å². The largest absolute Gasteiger partial charge is 0.353 e. The maximum absolute atomic E-state index is 13.3. The third-order valence-corrected chi connectivity index (χ3v) is 6.76. The predicted molar refractivity (Wildman–Crippen MR) is 122 cm³/mol. The van der Waals surface area contributed by atoms with Gasteiger partial charge in [0.2, 0.25) is 17.6 Å². The number of nitrogens with one attached hydrogen (secondary N) is 1. The molecule has 1 fully saturated rings. The van der Waals surface area contributed by atoms with Crippen molar-refractivity contribution in [2.24, 2.45) is 0 Å². The lowest BCUT2D eigenvalue weighted by Crippen LogP contribution is -2.48. The van der Waals surface area contributed by atoms with Crippen LogP contribution in [0.2, 0.25) is 0 Å². The average molecular weight is 443 g/mol. The molecule has 0 spiro atoms. The third kappa shape index (κ3) is 4.28. The summed E-state index contributed by atoms with van der Waals surface area (Å²) < 4.78 is 3.88. The van der Waals surface area contributed by atoms with E-state index in [0.717, 1.165) is 30.3 Å². The molecule has 0 saturated carbocycles. The highest BCUT2D eigenvalue weighted by molar-refractivity contribution is 7.99. The number of rotatable bonds is 6. The molecule has 2 aromatic heterocycles. The van der Waals surface area contributed by atoms with E-state index in [1.54, 1.807) is 0 Å². The summed E-state index contributed by atoms with van der Waals surface area (Å²) in [6.45, 7) is 8.36. The highest BCUT2D eigenvalue weighted by Crippen LogP contribution is 2.27. The molecule has 1 aliphatic rings. The molecule has 166 valence electrons. The van der Waals surface area contributed by atoms with Gasteiger partial charge in [-0.25, -0.2) is 0 Å². The number of thioether (sulfide) groups is 1. The van der Waals surface area contributed by atoms with Gasteiger partial charge in [-0.2, -0.15) is 0 Å². The molecule has 3 aromatic rings. The van der Waals surface area contributed by atoms with Crippen molar-refractivity contribution in [3.05, 3.63) is 24.3 Å². The molecule has 1 aromatic carbocycles. The van der Waals surface area contributed by atoms with Crippen molar-refractivity contribution in [3.63, 3.8) is 0 Å². The second-order valence-corrected chi connectivity index (χ2v) is 9.58. The number of carbonyl (C=O) groups excluding carboxylic acids is 2. The first-order valence-electron chi connectivity index (χ1n) is 10.9. The van der Waals surface area contributed by atoms with Gasteiger partial charge in [-0.05, 0) is 59.1 Å². The predicted octanol–water partition coefficient (Wildman–Crippen LogP) is 3.09. The first-order valence-corrected chi connectivity index (χ1v) is 11.9. The Labute approximate surface area is 186 Å². The molecule has 31 heavy (non-hydrogen) atoms. The van der Waals surface area contributed by atoms with Crippen molar-refractivity contribution in [1.82, 2.24) is 29.4 Å². The fraction of sp³-hybridized carbons (Fsp3) is 0.545. The van der Waals surface area contributed by atoms with Crippen molar-refractivity contribution < 1.29 is 9.59 Å². The molecular formula is C22H30N6O2S. The molecule has 0 unspecified atom stereocenters. The summed E-state index contributed by atoms with van der Waals surface area (Å²) in [6, 6.07) is 8.51. The van der Waals surface area contributed by atoms with E-state index in [0.29, 0.717) is 10.9 Å². The molecule has 0 radical (unpaired) electrons. The molecular weight excluding hydrogens is 412 g/mol. The van der Waals surface area contributed by atoms with E-state index in [4.69, 9.17) is 0 Å². The van der Waals surface area contributed by atoms with Crippen molar-refractivity contribution in [2.75, 3.05) is 5.75 Å². The van der Waals surface area contributed by atoms with Gasteiger partial charge >= 0.3 is 0 Å². The number of aromatic nitrogens is 4. The van der Waals surface area contributed by atoms with Crippen LogP contribution in [0.3, 0.4) is 0 Å². The molecule has 0 bridgehead atoms. The zero-order valence-electron chi connectivity index (χ0n) is 18.5. The SMILES string of the molecule is CC(C)NC(=O)CSc1nnc2n(CC(=O)N3[C@H](C)CCC[C@H]3C)c3ccccc3n12. The van der Waals surface area contributed by atoms with Crippen LogP contribution in [0.15, 0.2) is 29.4 Å². The Bertz CT molecular complexity index is 1090. The fourth-order valence-electron chi connectivity index (χ4n) is 4.51. The second kappa shape index (κ2) is 8.90. The molecule has 9 heteroatoms. The number of para-hydroxylation sites is 2. The van der Waals surface area contributed by atoms with Crippen LogP contribution >= 0.6 is 11.8 Å². The standard InChI is InChI=1S/C22H30N6O2S/c1-14(2)23-19(29)13-31-22-25-24-21-26(17-10-5-6-11-18(17)28(21)22)12-20(30)27-15(3)8-7-9-16(27)4/h5-6,10-11,14-16H,7-9,12-13H2,1-4H3,(H,23,29)/t15-,16-/m1/s1. The highest BCUT2D eigenvalue weighted by Gasteiger charge is 2.30. The lowest BCUT2D eigenvalue weighted by molar-refractivity contribution is -0.137. The molecule has 8 nitrogen and oxygen atoms in total. The molecule has 0 aliphatic carbocycles. The second-order valence-electron chi connectivity index (χ2n) is 8.63. The molecule has 3 heterocycles. The van der Waals surface area contributed by atoms with Gasteiger partial charge in [0.15, 0.2) is 5.16 Å². The van der Waals surface area contributed by atoms with Gasteiger partial charge in [0.05, 0.1) is 16.8 Å². The van der Waals surface area contributed by atoms with Gasteiger partial charge < -0.3 is 10.2 Å². The van der Waals surface area contributed by atoms with Crippen molar-refractivity contribution in [1.29, 1.82) is 0 Å². The fourth-order valence-corrected chi connectivity index (χ4v) is 5.26. The maximum atomic E-state index is 13.3. The zero-order chi connectivity index (χ0) is 22.1. The van der Waals surface area contributed by atoms with E-state index < -0.39 is 0 Å². The summed E-state index contributed by atoms with van der Waals surface area (Å²) in [6.07, 6.45) is 3.25. The molecule has 1 aliphatic heterocycles. The minimum atomic E-state index is -0.0382. The number of fused-ring (bicyclic) bond motifs is 3. The van der Waals surface area contributed by atoms with Crippen molar-refractivity contribution >= 4 is 40.4 Å². The summed E-state index contributed by atoms with van der Waals surface area (Å²) in [5.41, 5.74) is 1.87. The summed E-state index contributed by atoms with van der Waals surface area (Å²) in [4.78, 5) is 27.4. The monoisotopic (exact) mass is 442 g/mol. The van der Waals surface area contributed by atoms with E-state index in [2.05, 4.69) is 29.4 Å². The Morgan fingerprint density at radius 1 is 1.13 bits per heavy atom. The minimum absolute atomic E-state index is 0.0382. The third-order valence-electron chi connectivity index (χ3n) is 5.83. The smallest absolute Gasteiger partial charge is 0.243 e. The topological polar surface area (TPSA) is 84.5 Å². The van der Waals surface area contributed by atoms with Crippen LogP contribution in [0, 0.1) is 0 Å². The first kappa shape index (κ1) is 21.7. The summed E-state index contributed by atoms with van der Waals surface area (Å²) in [5.74, 6) is 0.957. The normalized spacial score (nSPS) is 19.5. The number of imidazole rings is 1. The van der Waals surface area contributed by atoms with Crippen LogP contribution in [0.5, 0.6) is 0 Å². The molecule has 1 saturated heterocycles. The van der Waals surface area contributed by atoms with E-state index in [1.807, 2.05) is 52.0 Å². The minimum Gasteiger partial charge on any atom is -0.353 e. The Kier molecular flexibility index (Phi) is 6.22. The Morgan fingerprint density at radius 3 is 2.48 bits per heavy atom. The number of amides is 2. The lowest BCUT2D eigenvalue weighted by Gasteiger charge is -2.39. The van der Waals surface area contributed by atoms with Crippen LogP contribution in [-0.4, -0.2) is 59.8 Å². The Morgan fingerprint density at radius 2 is 1.81 bits per heavy atom. The number of hydrogen-bond acceptors (Lipinski definition) is 5. The number of carbonyl (C=O) groups is 2. The first-order chi connectivity index (χ1) is 14.9. The Balaban J connectivity index is 1.65. The number of likely N-dealkylation sites (tertiary alicyclic amines) is 1. The van der Waals surface area contributed by atoms with E-state index in [-0.39, 0.29) is 42.2 Å². The summed E-state index contributed by atoms with van der Waals surface area (Å²) in [5, 5.41) is 12.2. The number of piperidine rings is 1. The van der Waals surface area contributed by atoms with E-state index >= 15 is 0 Å².